The van der Waals surface area contributed by atoms with Gasteiger partial charge in [-0.15, -0.1) is 0 Å². The molecule has 1 fully saturated rings. The number of ether oxygens (including phenoxy) is 2. The maximum atomic E-state index is 12.4. The van der Waals surface area contributed by atoms with Crippen LogP contribution < -0.4 is 11.2 Å². The van der Waals surface area contributed by atoms with Crippen LogP contribution in [0.25, 0.3) is 0 Å². The molecule has 188 valence electrons. The average Bonchev–Trinajstić information content (AvgIpc) is 2.99. The number of aliphatic hydroxyl groups is 1. The summed E-state index contributed by atoms with van der Waals surface area (Å²) in [5.41, 5.74) is -1.63. The molecule has 0 bridgehead atoms. The predicted molar refractivity (Wildman–Crippen MR) is 114 cm³/mol. The fourth-order valence-electron chi connectivity index (χ4n) is 3.14. The molecular formula is C19H31N2O11P. The summed E-state index contributed by atoms with van der Waals surface area (Å²) in [6.45, 7) is 5.55. The molecule has 0 radical (unpaired) electrons. The number of unbranched alkanes of at least 4 members (excludes halogenated alkanes) is 2. The van der Waals surface area contributed by atoms with Gasteiger partial charge in [-0.05, 0) is 25.8 Å². The second-order valence-corrected chi connectivity index (χ2v) is 8.54. The van der Waals surface area contributed by atoms with Crippen LogP contribution in [-0.2, 0) is 28.3 Å². The lowest BCUT2D eigenvalue weighted by Gasteiger charge is -2.33. The van der Waals surface area contributed by atoms with Crippen molar-refractivity contribution >= 4 is 7.82 Å². The molecule has 0 amide bonds. The summed E-state index contributed by atoms with van der Waals surface area (Å²) in [6, 6.07) is 1.02. The van der Waals surface area contributed by atoms with Crippen LogP contribution in [0.15, 0.2) is 33.7 Å². The molecule has 1 saturated heterocycles. The third-order valence-electron chi connectivity index (χ3n) is 4.80. The molecule has 33 heavy (non-hydrogen) atoms. The standard InChI is InChI=1S/C19H31N2O11P/c1-4-7-11-28-19(24)16(32-33(25,26)27)15(13(6-3)31-29-12-8-5-2)30-17(19)21-10-9-14(22)20-18(21)23/h6,9-10,15-17,24H,4-5,7-8,11-12H2,1-3H3,(H,20,22,23)(H2,25,26,27)/t15-,16-,17-,19+/m1/s1. The quantitative estimate of drug-likeness (QED) is 0.0769. The molecule has 0 aromatic carbocycles. The molecule has 1 aliphatic heterocycles. The second kappa shape index (κ2) is 12.0. The Kier molecular flexibility index (Phi) is 10.0. The van der Waals surface area contributed by atoms with Gasteiger partial charge in [-0.3, -0.25) is 18.9 Å². The Balaban J connectivity index is 2.52. The van der Waals surface area contributed by atoms with Gasteiger partial charge in [0, 0.05) is 12.3 Å². The summed E-state index contributed by atoms with van der Waals surface area (Å²) in [7, 11) is -5.18. The largest absolute Gasteiger partial charge is 0.470 e. The van der Waals surface area contributed by atoms with Crippen LogP contribution in [0.3, 0.4) is 0 Å². The SMILES string of the molecule is CC=C(OOCCCC)[C@H]1O[C@@H](n2ccc(=O)[nH]c2=O)[C@@](O)(OCCCC)[C@@H]1OP(=O)(O)O. The van der Waals surface area contributed by atoms with Gasteiger partial charge in [-0.2, -0.15) is 4.89 Å². The highest BCUT2D eigenvalue weighted by Gasteiger charge is 2.62. The molecule has 14 heteroatoms. The van der Waals surface area contributed by atoms with Gasteiger partial charge >= 0.3 is 13.5 Å². The summed E-state index contributed by atoms with van der Waals surface area (Å²) in [5, 5.41) is 11.5. The highest BCUT2D eigenvalue weighted by atomic mass is 31.2. The van der Waals surface area contributed by atoms with Gasteiger partial charge in [-0.1, -0.05) is 26.7 Å². The van der Waals surface area contributed by atoms with Crippen molar-refractivity contribution in [3.8, 4) is 0 Å². The highest BCUT2D eigenvalue weighted by Crippen LogP contribution is 2.50. The molecule has 2 heterocycles. The lowest BCUT2D eigenvalue weighted by molar-refractivity contribution is -0.277. The Morgan fingerprint density at radius 1 is 1.27 bits per heavy atom. The Bertz CT molecular complexity index is 956. The first-order chi connectivity index (χ1) is 15.6. The van der Waals surface area contributed by atoms with Crippen molar-refractivity contribution in [3.63, 3.8) is 0 Å². The van der Waals surface area contributed by atoms with E-state index in [9.17, 15) is 29.0 Å². The van der Waals surface area contributed by atoms with E-state index in [1.807, 2.05) is 18.8 Å². The monoisotopic (exact) mass is 494 g/mol. The molecular weight excluding hydrogens is 463 g/mol. The molecule has 1 aliphatic rings. The summed E-state index contributed by atoms with van der Waals surface area (Å²) in [4.78, 5) is 55.4. The van der Waals surface area contributed by atoms with Gasteiger partial charge in [0.05, 0.1) is 13.2 Å². The van der Waals surface area contributed by atoms with Crippen LogP contribution in [0.2, 0.25) is 0 Å². The summed E-state index contributed by atoms with van der Waals surface area (Å²) in [6.07, 6.45) is 0.208. The fraction of sp³-hybridized carbons (Fsp3) is 0.684. The van der Waals surface area contributed by atoms with E-state index in [1.54, 1.807) is 6.92 Å². The van der Waals surface area contributed by atoms with E-state index >= 15 is 0 Å². The number of rotatable bonds is 13. The molecule has 0 unspecified atom stereocenters. The lowest BCUT2D eigenvalue weighted by atomic mass is 10.0. The van der Waals surface area contributed by atoms with Crippen molar-refractivity contribution in [3.05, 3.63) is 44.9 Å². The molecule has 0 spiro atoms. The molecule has 0 aliphatic carbocycles. The number of hydrogen-bond acceptors (Lipinski definition) is 9. The normalized spacial score (nSPS) is 26.0. The minimum atomic E-state index is -5.18. The van der Waals surface area contributed by atoms with Crippen LogP contribution in [0.5, 0.6) is 0 Å². The van der Waals surface area contributed by atoms with Crippen molar-refractivity contribution < 1.29 is 43.2 Å². The van der Waals surface area contributed by atoms with Crippen LogP contribution >= 0.6 is 7.82 Å². The van der Waals surface area contributed by atoms with E-state index in [0.717, 1.165) is 23.3 Å². The maximum absolute atomic E-state index is 12.4. The van der Waals surface area contributed by atoms with Gasteiger partial charge < -0.3 is 29.3 Å². The maximum Gasteiger partial charge on any atom is 0.470 e. The number of allylic oxidation sites excluding steroid dienone is 1. The van der Waals surface area contributed by atoms with Gasteiger partial charge in [0.1, 0.15) is 0 Å². The van der Waals surface area contributed by atoms with E-state index in [4.69, 9.17) is 23.8 Å². The molecule has 2 rings (SSSR count). The first kappa shape index (κ1) is 27.4. The Hall–Kier alpha value is -1.83. The van der Waals surface area contributed by atoms with Crippen molar-refractivity contribution in [2.45, 2.75) is 70.7 Å². The zero-order valence-electron chi connectivity index (χ0n) is 18.7. The number of nitrogens with zero attached hydrogens (tertiary/aromatic N) is 1. The topological polar surface area (TPSA) is 179 Å². The number of phosphoric ester groups is 1. The lowest BCUT2D eigenvalue weighted by Crippen LogP contribution is -2.52. The number of H-pyrrole nitrogens is 1. The third kappa shape index (κ3) is 7.08. The zero-order valence-corrected chi connectivity index (χ0v) is 19.6. The number of nitrogens with one attached hydrogen (secondary N) is 1. The van der Waals surface area contributed by atoms with Gasteiger partial charge in [0.15, 0.2) is 24.2 Å². The molecule has 4 N–H and O–H groups in total. The Morgan fingerprint density at radius 3 is 2.52 bits per heavy atom. The van der Waals surface area contributed by atoms with Crippen molar-refractivity contribution in [1.82, 2.24) is 9.55 Å². The highest BCUT2D eigenvalue weighted by molar-refractivity contribution is 7.46. The molecule has 4 atom stereocenters. The van der Waals surface area contributed by atoms with Crippen LogP contribution in [-0.4, -0.2) is 55.7 Å². The van der Waals surface area contributed by atoms with E-state index in [0.29, 0.717) is 19.3 Å². The minimum Gasteiger partial charge on any atom is -0.360 e. The van der Waals surface area contributed by atoms with Crippen molar-refractivity contribution in [1.29, 1.82) is 0 Å². The van der Waals surface area contributed by atoms with Crippen molar-refractivity contribution in [2.24, 2.45) is 0 Å². The van der Waals surface area contributed by atoms with E-state index in [-0.39, 0.29) is 19.0 Å². The van der Waals surface area contributed by atoms with Gasteiger partial charge in [0.25, 0.3) is 5.56 Å². The molecule has 1 aromatic heterocycles. The number of phosphoric acid groups is 1. The number of aromatic nitrogens is 2. The van der Waals surface area contributed by atoms with Crippen molar-refractivity contribution in [2.75, 3.05) is 13.2 Å². The van der Waals surface area contributed by atoms with E-state index in [2.05, 4.69) is 0 Å². The first-order valence-corrected chi connectivity index (χ1v) is 12.1. The zero-order chi connectivity index (χ0) is 24.6. The van der Waals surface area contributed by atoms with Crippen LogP contribution in [0.4, 0.5) is 0 Å². The van der Waals surface area contributed by atoms with Gasteiger partial charge in [-0.25, -0.2) is 9.36 Å². The molecule has 13 nitrogen and oxygen atoms in total. The molecule has 1 aromatic rings. The molecule has 0 saturated carbocycles. The van der Waals surface area contributed by atoms with Crippen LogP contribution in [0.1, 0.15) is 52.7 Å². The van der Waals surface area contributed by atoms with Gasteiger partial charge in [0.2, 0.25) is 5.79 Å². The third-order valence-corrected chi connectivity index (χ3v) is 5.30. The Labute approximate surface area is 190 Å². The average molecular weight is 494 g/mol. The number of hydrogen-bond donors (Lipinski definition) is 4. The number of aromatic amines is 1. The predicted octanol–water partition coefficient (Wildman–Crippen LogP) is 1.07. The van der Waals surface area contributed by atoms with E-state index < -0.39 is 43.3 Å². The Morgan fingerprint density at radius 2 is 1.94 bits per heavy atom. The summed E-state index contributed by atoms with van der Waals surface area (Å²) >= 11 is 0. The second-order valence-electron chi connectivity index (χ2n) is 7.35. The van der Waals surface area contributed by atoms with E-state index in [1.165, 1.54) is 6.08 Å². The smallest absolute Gasteiger partial charge is 0.360 e. The summed E-state index contributed by atoms with van der Waals surface area (Å²) in [5.74, 6) is -2.62. The van der Waals surface area contributed by atoms with Crippen LogP contribution in [0, 0.1) is 0 Å². The minimum absolute atomic E-state index is 0.0439. The first-order valence-electron chi connectivity index (χ1n) is 10.6. The fourth-order valence-corrected chi connectivity index (χ4v) is 3.70. The summed E-state index contributed by atoms with van der Waals surface area (Å²) < 4.78 is 28.9.